The van der Waals surface area contributed by atoms with Gasteiger partial charge in [0, 0.05) is 6.42 Å². The molecule has 0 amide bonds. The van der Waals surface area contributed by atoms with Gasteiger partial charge in [-0.1, -0.05) is 18.6 Å². The highest BCUT2D eigenvalue weighted by molar-refractivity contribution is 5.76. The molecule has 0 aliphatic carbocycles. The van der Waals surface area contributed by atoms with Gasteiger partial charge in [0.05, 0.1) is 0 Å². The minimum atomic E-state index is 0.771. The van der Waals surface area contributed by atoms with E-state index in [0.29, 0.717) is 0 Å². The van der Waals surface area contributed by atoms with Gasteiger partial charge in [0.2, 0.25) is 0 Å². The fraction of sp³-hybridized carbons (Fsp3) is 0.462. The molecule has 0 saturated heterocycles. The molecule has 0 atom stereocenters. The third kappa shape index (κ3) is 2.42. The molecular formula is C13H18N2O. The maximum atomic E-state index is 5.69. The zero-order valence-electron chi connectivity index (χ0n) is 9.70. The first-order valence-corrected chi connectivity index (χ1v) is 5.86. The van der Waals surface area contributed by atoms with E-state index in [1.807, 2.05) is 12.1 Å². The van der Waals surface area contributed by atoms with Gasteiger partial charge >= 0.3 is 0 Å². The van der Waals surface area contributed by atoms with Gasteiger partial charge in [-0.05, 0) is 37.9 Å². The molecule has 0 fully saturated rings. The largest absolute Gasteiger partial charge is 0.441 e. The fourth-order valence-corrected chi connectivity index (χ4v) is 1.84. The average Bonchev–Trinajstić information content (AvgIpc) is 2.69. The van der Waals surface area contributed by atoms with Gasteiger partial charge in [0.15, 0.2) is 11.5 Å². The molecular weight excluding hydrogens is 200 g/mol. The Kier molecular flexibility index (Phi) is 3.57. The van der Waals surface area contributed by atoms with Crippen molar-refractivity contribution in [1.82, 2.24) is 4.98 Å². The Balaban J connectivity index is 2.05. The van der Waals surface area contributed by atoms with Crippen LogP contribution in [0.3, 0.4) is 0 Å². The zero-order chi connectivity index (χ0) is 11.4. The van der Waals surface area contributed by atoms with E-state index in [1.165, 1.54) is 5.56 Å². The van der Waals surface area contributed by atoms with Crippen LogP contribution < -0.4 is 5.73 Å². The average molecular weight is 218 g/mol. The Morgan fingerprint density at radius 1 is 1.25 bits per heavy atom. The van der Waals surface area contributed by atoms with Crippen molar-refractivity contribution in [3.05, 3.63) is 29.7 Å². The van der Waals surface area contributed by atoms with Crippen molar-refractivity contribution in [3.63, 3.8) is 0 Å². The van der Waals surface area contributed by atoms with E-state index in [9.17, 15) is 0 Å². The molecule has 0 unspecified atom stereocenters. The molecule has 0 aliphatic heterocycles. The maximum absolute atomic E-state index is 5.69. The molecule has 1 heterocycles. The van der Waals surface area contributed by atoms with E-state index >= 15 is 0 Å². The first-order chi connectivity index (χ1) is 7.81. The molecule has 3 heteroatoms. The van der Waals surface area contributed by atoms with Gasteiger partial charge in [0.25, 0.3) is 0 Å². The molecule has 0 bridgehead atoms. The number of unbranched alkanes of at least 4 members (excludes halogenated alkanes) is 2. The highest BCUT2D eigenvalue weighted by Gasteiger charge is 2.06. The summed E-state index contributed by atoms with van der Waals surface area (Å²) in [5.74, 6) is 0.848. The number of hydrogen-bond donors (Lipinski definition) is 1. The van der Waals surface area contributed by atoms with E-state index in [1.54, 1.807) is 0 Å². The lowest BCUT2D eigenvalue weighted by Crippen LogP contribution is -1.98. The van der Waals surface area contributed by atoms with Crippen LogP contribution in [0.25, 0.3) is 11.1 Å². The first kappa shape index (κ1) is 11.1. The van der Waals surface area contributed by atoms with Gasteiger partial charge < -0.3 is 10.2 Å². The van der Waals surface area contributed by atoms with Crippen molar-refractivity contribution in [2.45, 2.75) is 32.6 Å². The number of benzene rings is 1. The Labute approximate surface area is 95.7 Å². The maximum Gasteiger partial charge on any atom is 0.195 e. The summed E-state index contributed by atoms with van der Waals surface area (Å²) in [5.41, 5.74) is 8.52. The van der Waals surface area contributed by atoms with E-state index in [-0.39, 0.29) is 0 Å². The van der Waals surface area contributed by atoms with E-state index in [0.717, 1.165) is 49.2 Å². The second-order valence-electron chi connectivity index (χ2n) is 4.13. The quantitative estimate of drug-likeness (QED) is 0.785. The molecule has 3 nitrogen and oxygen atoms in total. The number of fused-ring (bicyclic) bond motifs is 1. The van der Waals surface area contributed by atoms with Gasteiger partial charge in [-0.3, -0.25) is 0 Å². The third-order valence-electron chi connectivity index (χ3n) is 2.76. The van der Waals surface area contributed by atoms with Crippen molar-refractivity contribution in [2.24, 2.45) is 5.73 Å². The highest BCUT2D eigenvalue weighted by atomic mass is 16.3. The van der Waals surface area contributed by atoms with Gasteiger partial charge in [0.1, 0.15) is 5.52 Å². The minimum Gasteiger partial charge on any atom is -0.441 e. The second kappa shape index (κ2) is 5.12. The van der Waals surface area contributed by atoms with E-state index in [2.05, 4.69) is 18.0 Å². The number of nitrogens with zero attached hydrogens (tertiary/aromatic N) is 1. The number of rotatable bonds is 5. The summed E-state index contributed by atoms with van der Waals surface area (Å²) in [6.45, 7) is 2.83. The summed E-state index contributed by atoms with van der Waals surface area (Å²) in [6.07, 6.45) is 4.24. The zero-order valence-corrected chi connectivity index (χ0v) is 9.70. The number of oxazole rings is 1. The van der Waals surface area contributed by atoms with Gasteiger partial charge in [-0.15, -0.1) is 0 Å². The van der Waals surface area contributed by atoms with Crippen molar-refractivity contribution in [3.8, 4) is 0 Å². The summed E-state index contributed by atoms with van der Waals surface area (Å²) in [4.78, 5) is 4.51. The Morgan fingerprint density at radius 2 is 2.12 bits per heavy atom. The topological polar surface area (TPSA) is 52.0 Å². The molecule has 16 heavy (non-hydrogen) atoms. The number of para-hydroxylation sites is 1. The summed E-state index contributed by atoms with van der Waals surface area (Å²) in [5, 5.41) is 0. The molecule has 0 radical (unpaired) electrons. The number of nitrogens with two attached hydrogens (primary N) is 1. The van der Waals surface area contributed by atoms with Crippen LogP contribution in [0.15, 0.2) is 22.6 Å². The van der Waals surface area contributed by atoms with E-state index in [4.69, 9.17) is 10.2 Å². The summed E-state index contributed by atoms with van der Waals surface area (Å²) < 4.78 is 5.69. The predicted octanol–water partition coefficient (Wildman–Crippen LogP) is 2.81. The number of aryl methyl sites for hydroxylation is 2. The molecule has 0 aliphatic rings. The normalized spacial score (nSPS) is 11.1. The van der Waals surface area contributed by atoms with E-state index < -0.39 is 0 Å². The molecule has 1 aromatic carbocycles. The van der Waals surface area contributed by atoms with Crippen molar-refractivity contribution in [1.29, 1.82) is 0 Å². The molecule has 2 aromatic rings. The monoisotopic (exact) mass is 218 g/mol. The summed E-state index contributed by atoms with van der Waals surface area (Å²) in [7, 11) is 0. The smallest absolute Gasteiger partial charge is 0.195 e. The first-order valence-electron chi connectivity index (χ1n) is 5.86. The lowest BCUT2D eigenvalue weighted by Gasteiger charge is -1.94. The van der Waals surface area contributed by atoms with Crippen molar-refractivity contribution in [2.75, 3.05) is 6.54 Å². The highest BCUT2D eigenvalue weighted by Crippen LogP contribution is 2.19. The Bertz CT molecular complexity index is 462. The standard InChI is InChI=1S/C13H18N2O/c1-10-6-5-7-11-13(10)15-12(16-11)8-3-2-4-9-14/h5-7H,2-4,8-9,14H2,1H3. The summed E-state index contributed by atoms with van der Waals surface area (Å²) in [6, 6.07) is 6.03. The molecule has 2 rings (SSSR count). The number of hydrogen-bond acceptors (Lipinski definition) is 3. The minimum absolute atomic E-state index is 0.771. The fourth-order valence-electron chi connectivity index (χ4n) is 1.84. The Hall–Kier alpha value is -1.35. The van der Waals surface area contributed by atoms with Crippen LogP contribution in [0.5, 0.6) is 0 Å². The van der Waals surface area contributed by atoms with Gasteiger partial charge in [-0.2, -0.15) is 0 Å². The third-order valence-corrected chi connectivity index (χ3v) is 2.76. The predicted molar refractivity (Wildman–Crippen MR) is 65.4 cm³/mol. The number of aromatic nitrogens is 1. The SMILES string of the molecule is Cc1cccc2oc(CCCCCN)nc12. The van der Waals surface area contributed by atoms with Crippen LogP contribution in [-0.2, 0) is 6.42 Å². The second-order valence-corrected chi connectivity index (χ2v) is 4.13. The van der Waals surface area contributed by atoms with Crippen LogP contribution >= 0.6 is 0 Å². The lowest BCUT2D eigenvalue weighted by atomic mass is 10.2. The lowest BCUT2D eigenvalue weighted by molar-refractivity contribution is 0.511. The van der Waals surface area contributed by atoms with Crippen molar-refractivity contribution < 1.29 is 4.42 Å². The molecule has 86 valence electrons. The van der Waals surface area contributed by atoms with Crippen LogP contribution in [0.4, 0.5) is 0 Å². The van der Waals surface area contributed by atoms with Crippen LogP contribution in [0.2, 0.25) is 0 Å². The van der Waals surface area contributed by atoms with Gasteiger partial charge in [-0.25, -0.2) is 4.98 Å². The van der Waals surface area contributed by atoms with Crippen molar-refractivity contribution >= 4 is 11.1 Å². The molecule has 0 saturated carbocycles. The van der Waals surface area contributed by atoms with Crippen LogP contribution in [0.1, 0.15) is 30.7 Å². The molecule has 2 N–H and O–H groups in total. The van der Waals surface area contributed by atoms with Crippen LogP contribution in [-0.4, -0.2) is 11.5 Å². The molecule has 1 aromatic heterocycles. The summed E-state index contributed by atoms with van der Waals surface area (Å²) >= 11 is 0. The Morgan fingerprint density at radius 3 is 2.88 bits per heavy atom. The van der Waals surface area contributed by atoms with Crippen LogP contribution in [0, 0.1) is 6.92 Å². The molecule has 0 spiro atoms.